The van der Waals surface area contributed by atoms with Gasteiger partial charge in [0.1, 0.15) is 5.69 Å². The summed E-state index contributed by atoms with van der Waals surface area (Å²) in [6.45, 7) is 4.45. The van der Waals surface area contributed by atoms with Gasteiger partial charge in [-0.3, -0.25) is 4.79 Å². The number of hydrogen-bond acceptors (Lipinski definition) is 2. The first-order valence-corrected chi connectivity index (χ1v) is 5.01. The number of hydrogen-bond donors (Lipinski definition) is 1. The van der Waals surface area contributed by atoms with Crippen molar-refractivity contribution in [3.63, 3.8) is 0 Å². The second-order valence-corrected chi connectivity index (χ2v) is 2.91. The highest BCUT2D eigenvalue weighted by Crippen LogP contribution is 2.03. The SMILES string of the molecule is CCC#Cc1ncccc1C(=O)NCC. The first-order chi connectivity index (χ1) is 7.29. The van der Waals surface area contributed by atoms with Crippen LogP contribution in [0.25, 0.3) is 0 Å². The van der Waals surface area contributed by atoms with Crippen LogP contribution in [0.15, 0.2) is 18.3 Å². The maximum atomic E-state index is 11.6. The molecule has 1 rings (SSSR count). The van der Waals surface area contributed by atoms with E-state index >= 15 is 0 Å². The van der Waals surface area contributed by atoms with Crippen molar-refractivity contribution in [2.24, 2.45) is 0 Å². The first-order valence-electron chi connectivity index (χ1n) is 5.01. The summed E-state index contributed by atoms with van der Waals surface area (Å²) in [4.78, 5) is 15.7. The standard InChI is InChI=1S/C12H14N2O/c1-3-5-8-11-10(7-6-9-14-11)12(15)13-4-2/h6-7,9H,3-4H2,1-2H3,(H,13,15). The molecule has 15 heavy (non-hydrogen) atoms. The quantitative estimate of drug-likeness (QED) is 0.740. The van der Waals surface area contributed by atoms with Gasteiger partial charge in [0.05, 0.1) is 5.56 Å². The lowest BCUT2D eigenvalue weighted by atomic mass is 10.2. The van der Waals surface area contributed by atoms with Crippen LogP contribution in [0.4, 0.5) is 0 Å². The van der Waals surface area contributed by atoms with E-state index < -0.39 is 0 Å². The Kier molecular flexibility index (Phi) is 4.36. The van der Waals surface area contributed by atoms with Crippen LogP contribution in [0, 0.1) is 11.8 Å². The van der Waals surface area contributed by atoms with Gasteiger partial charge in [0.2, 0.25) is 0 Å². The number of nitrogens with one attached hydrogen (secondary N) is 1. The topological polar surface area (TPSA) is 42.0 Å². The van der Waals surface area contributed by atoms with Crippen molar-refractivity contribution in [3.8, 4) is 11.8 Å². The van der Waals surface area contributed by atoms with E-state index in [1.54, 1.807) is 18.3 Å². The second-order valence-electron chi connectivity index (χ2n) is 2.91. The van der Waals surface area contributed by atoms with Gasteiger partial charge in [-0.2, -0.15) is 0 Å². The summed E-state index contributed by atoms with van der Waals surface area (Å²) in [5.41, 5.74) is 1.09. The van der Waals surface area contributed by atoms with E-state index in [0.29, 0.717) is 17.8 Å². The molecule has 0 saturated heterocycles. The minimum absolute atomic E-state index is 0.119. The fourth-order valence-corrected chi connectivity index (χ4v) is 1.12. The lowest BCUT2D eigenvalue weighted by molar-refractivity contribution is 0.0955. The maximum absolute atomic E-state index is 11.6. The third-order valence-corrected chi connectivity index (χ3v) is 1.77. The van der Waals surface area contributed by atoms with Gasteiger partial charge in [0.25, 0.3) is 5.91 Å². The summed E-state index contributed by atoms with van der Waals surface area (Å²) in [5.74, 6) is 5.67. The van der Waals surface area contributed by atoms with Gasteiger partial charge in [0.15, 0.2) is 0 Å². The average Bonchev–Trinajstić information content (AvgIpc) is 2.27. The summed E-state index contributed by atoms with van der Waals surface area (Å²) >= 11 is 0. The molecule has 3 nitrogen and oxygen atoms in total. The molecule has 0 spiro atoms. The fourth-order valence-electron chi connectivity index (χ4n) is 1.12. The summed E-state index contributed by atoms with van der Waals surface area (Å²) in [5, 5.41) is 2.73. The minimum Gasteiger partial charge on any atom is -0.352 e. The Morgan fingerprint density at radius 1 is 1.53 bits per heavy atom. The number of carbonyl (C=O) groups is 1. The molecule has 1 aromatic rings. The maximum Gasteiger partial charge on any atom is 0.254 e. The van der Waals surface area contributed by atoms with Gasteiger partial charge in [-0.15, -0.1) is 0 Å². The van der Waals surface area contributed by atoms with E-state index in [1.165, 1.54) is 0 Å². The molecule has 0 aliphatic heterocycles. The molecule has 1 N–H and O–H groups in total. The molecule has 0 saturated carbocycles. The average molecular weight is 202 g/mol. The molecule has 0 aliphatic carbocycles. The van der Waals surface area contributed by atoms with Gasteiger partial charge in [-0.05, 0) is 25.0 Å². The molecular weight excluding hydrogens is 188 g/mol. The predicted octanol–water partition coefficient (Wildman–Crippen LogP) is 1.59. The molecule has 3 heteroatoms. The van der Waals surface area contributed by atoms with Crippen molar-refractivity contribution >= 4 is 5.91 Å². The number of rotatable bonds is 2. The van der Waals surface area contributed by atoms with E-state index in [9.17, 15) is 4.79 Å². The smallest absolute Gasteiger partial charge is 0.254 e. The zero-order chi connectivity index (χ0) is 11.1. The number of nitrogens with zero attached hydrogens (tertiary/aromatic N) is 1. The third kappa shape index (κ3) is 3.10. The Bertz CT molecular complexity index is 402. The van der Waals surface area contributed by atoms with E-state index in [4.69, 9.17) is 0 Å². The minimum atomic E-state index is -0.119. The van der Waals surface area contributed by atoms with Crippen molar-refractivity contribution in [1.29, 1.82) is 0 Å². The van der Waals surface area contributed by atoms with Crippen LogP contribution in [0.3, 0.4) is 0 Å². The van der Waals surface area contributed by atoms with Crippen LogP contribution in [0.5, 0.6) is 0 Å². The molecule has 0 bridgehead atoms. The molecule has 1 aromatic heterocycles. The second kappa shape index (κ2) is 5.82. The van der Waals surface area contributed by atoms with Crippen LogP contribution in [0.2, 0.25) is 0 Å². The molecule has 0 aromatic carbocycles. The zero-order valence-electron chi connectivity index (χ0n) is 9.00. The summed E-state index contributed by atoms with van der Waals surface area (Å²) in [7, 11) is 0. The molecule has 1 heterocycles. The van der Waals surface area contributed by atoms with Gasteiger partial charge >= 0.3 is 0 Å². The fraction of sp³-hybridized carbons (Fsp3) is 0.333. The highest BCUT2D eigenvalue weighted by molar-refractivity contribution is 5.96. The molecule has 0 aliphatic rings. The van der Waals surface area contributed by atoms with Gasteiger partial charge < -0.3 is 5.32 Å². The summed E-state index contributed by atoms with van der Waals surface area (Å²) in [6.07, 6.45) is 2.40. The largest absolute Gasteiger partial charge is 0.352 e. The number of amides is 1. The van der Waals surface area contributed by atoms with Crippen molar-refractivity contribution in [3.05, 3.63) is 29.6 Å². The molecule has 1 amide bonds. The Balaban J connectivity index is 3.00. The van der Waals surface area contributed by atoms with Crippen molar-refractivity contribution in [1.82, 2.24) is 10.3 Å². The van der Waals surface area contributed by atoms with Gasteiger partial charge in [-0.25, -0.2) is 4.98 Å². The lowest BCUT2D eigenvalue weighted by Crippen LogP contribution is -2.23. The van der Waals surface area contributed by atoms with Crippen LogP contribution in [-0.2, 0) is 0 Å². The monoisotopic (exact) mass is 202 g/mol. The predicted molar refractivity (Wildman–Crippen MR) is 59.4 cm³/mol. The van der Waals surface area contributed by atoms with E-state index in [0.717, 1.165) is 6.42 Å². The normalized spacial score (nSPS) is 8.93. The van der Waals surface area contributed by atoms with Gasteiger partial charge in [0, 0.05) is 19.2 Å². The molecule has 78 valence electrons. The number of aromatic nitrogens is 1. The lowest BCUT2D eigenvalue weighted by Gasteiger charge is -2.03. The first kappa shape index (κ1) is 11.3. The van der Waals surface area contributed by atoms with Crippen molar-refractivity contribution < 1.29 is 4.79 Å². The molecule has 0 atom stereocenters. The van der Waals surface area contributed by atoms with Crippen molar-refractivity contribution in [2.45, 2.75) is 20.3 Å². The van der Waals surface area contributed by atoms with Gasteiger partial charge in [-0.1, -0.05) is 12.8 Å². The summed E-state index contributed by atoms with van der Waals surface area (Å²) < 4.78 is 0. The van der Waals surface area contributed by atoms with Crippen LogP contribution in [-0.4, -0.2) is 17.4 Å². The van der Waals surface area contributed by atoms with Crippen LogP contribution in [0.1, 0.15) is 36.3 Å². The highest BCUT2D eigenvalue weighted by Gasteiger charge is 2.08. The zero-order valence-corrected chi connectivity index (χ0v) is 9.00. The highest BCUT2D eigenvalue weighted by atomic mass is 16.1. The molecular formula is C12H14N2O. The Morgan fingerprint density at radius 2 is 2.33 bits per heavy atom. The number of pyridine rings is 1. The number of carbonyl (C=O) groups excluding carboxylic acids is 1. The summed E-state index contributed by atoms with van der Waals surface area (Å²) in [6, 6.07) is 3.47. The third-order valence-electron chi connectivity index (χ3n) is 1.77. The van der Waals surface area contributed by atoms with E-state index in [-0.39, 0.29) is 5.91 Å². The Morgan fingerprint density at radius 3 is 3.00 bits per heavy atom. The molecule has 0 radical (unpaired) electrons. The Labute approximate surface area is 89.9 Å². The van der Waals surface area contributed by atoms with Crippen LogP contribution >= 0.6 is 0 Å². The molecule has 0 unspecified atom stereocenters. The van der Waals surface area contributed by atoms with E-state index in [1.807, 2.05) is 13.8 Å². The van der Waals surface area contributed by atoms with Crippen molar-refractivity contribution in [2.75, 3.05) is 6.54 Å². The Hall–Kier alpha value is -1.82. The molecule has 0 fully saturated rings. The van der Waals surface area contributed by atoms with Crippen LogP contribution < -0.4 is 5.32 Å². The van der Waals surface area contributed by atoms with E-state index in [2.05, 4.69) is 22.1 Å².